The number of pyridine rings is 1. The predicted octanol–water partition coefficient (Wildman–Crippen LogP) is 4.06. The van der Waals surface area contributed by atoms with Crippen LogP contribution in [0.3, 0.4) is 0 Å². The normalized spacial score (nSPS) is 19.4. The van der Waals surface area contributed by atoms with Crippen molar-refractivity contribution in [2.45, 2.75) is 42.4 Å². The Balaban J connectivity index is 1.58. The summed E-state index contributed by atoms with van der Waals surface area (Å²) in [5.74, 6) is -24.9. The third-order valence-corrected chi connectivity index (χ3v) is 6.84. The molecule has 2 atom stereocenters. The molecule has 2 aliphatic heterocycles. The first kappa shape index (κ1) is 26.4. The van der Waals surface area contributed by atoms with Gasteiger partial charge >= 0.3 is 35.5 Å². The van der Waals surface area contributed by atoms with Gasteiger partial charge in [0.25, 0.3) is 0 Å². The summed E-state index contributed by atoms with van der Waals surface area (Å²) < 4.78 is 122. The molecule has 0 spiro atoms. The molecular formula is C22H12F9N5O3. The van der Waals surface area contributed by atoms with Crippen LogP contribution in [0.1, 0.15) is 29.8 Å². The van der Waals surface area contributed by atoms with Crippen LogP contribution in [0.25, 0.3) is 16.6 Å². The Morgan fingerprint density at radius 2 is 1.72 bits per heavy atom. The lowest BCUT2D eigenvalue weighted by molar-refractivity contribution is -0.389. The van der Waals surface area contributed by atoms with Gasteiger partial charge in [0.15, 0.2) is 0 Å². The molecule has 1 saturated heterocycles. The van der Waals surface area contributed by atoms with Crippen molar-refractivity contribution in [3.8, 4) is 17.6 Å². The molecular weight excluding hydrogens is 553 g/mol. The summed E-state index contributed by atoms with van der Waals surface area (Å²) in [6.45, 7) is -0.904. The zero-order chi connectivity index (χ0) is 28.9. The molecule has 206 valence electrons. The standard InChI is InChI=1S/C22H12F9N5O3/c23-19(24,20(25,26)21(27,28)22(29,30)31)17(38)34-8-10-6-13(34)15-16(37)36(18(39)35(10)15)12-4-3-9(7-32)14-11(12)2-1-5-33-14/h1-5,10,13,37H,6,8H2/t10-,13-/m0/s1. The minimum atomic E-state index is -7.25. The molecule has 2 bridgehead atoms. The molecule has 0 saturated carbocycles. The van der Waals surface area contributed by atoms with E-state index in [4.69, 9.17) is 0 Å². The van der Waals surface area contributed by atoms with E-state index in [9.17, 15) is 59.5 Å². The minimum Gasteiger partial charge on any atom is -0.493 e. The van der Waals surface area contributed by atoms with E-state index in [2.05, 4.69) is 4.98 Å². The third-order valence-electron chi connectivity index (χ3n) is 6.84. The van der Waals surface area contributed by atoms with Crippen LogP contribution in [-0.4, -0.2) is 60.5 Å². The smallest absolute Gasteiger partial charge is 0.460 e. The summed E-state index contributed by atoms with van der Waals surface area (Å²) in [6.07, 6.45) is -6.13. The molecule has 1 fully saturated rings. The number of alkyl halides is 9. The van der Waals surface area contributed by atoms with Gasteiger partial charge in [-0.3, -0.25) is 14.3 Å². The molecule has 1 N–H and O–H groups in total. The molecule has 5 rings (SSSR count). The van der Waals surface area contributed by atoms with Gasteiger partial charge in [-0.25, -0.2) is 9.36 Å². The number of likely N-dealkylation sites (tertiary alicyclic amines) is 1. The lowest BCUT2D eigenvalue weighted by atomic mass is 10.0. The van der Waals surface area contributed by atoms with Crippen LogP contribution in [-0.2, 0) is 4.79 Å². The number of halogens is 9. The van der Waals surface area contributed by atoms with Crippen molar-refractivity contribution in [1.29, 1.82) is 5.26 Å². The first-order valence-corrected chi connectivity index (χ1v) is 10.8. The number of carbonyl (C=O) groups is 1. The minimum absolute atomic E-state index is 0.0274. The fourth-order valence-electron chi connectivity index (χ4n) is 5.02. The zero-order valence-electron chi connectivity index (χ0n) is 18.9. The van der Waals surface area contributed by atoms with Crippen LogP contribution in [0, 0.1) is 11.3 Å². The highest BCUT2D eigenvalue weighted by Gasteiger charge is 2.84. The molecule has 1 amide bonds. The van der Waals surface area contributed by atoms with Crippen molar-refractivity contribution >= 4 is 16.8 Å². The van der Waals surface area contributed by atoms with Crippen molar-refractivity contribution in [1.82, 2.24) is 19.0 Å². The quantitative estimate of drug-likeness (QED) is 0.481. The fourth-order valence-corrected chi connectivity index (χ4v) is 5.02. The van der Waals surface area contributed by atoms with Crippen LogP contribution in [0.2, 0.25) is 0 Å². The molecule has 2 aliphatic rings. The van der Waals surface area contributed by atoms with E-state index in [-0.39, 0.29) is 33.5 Å². The van der Waals surface area contributed by atoms with Crippen LogP contribution in [0.4, 0.5) is 39.5 Å². The Kier molecular flexibility index (Phi) is 5.34. The topological polar surface area (TPSA) is 104 Å². The number of rotatable bonds is 4. The summed E-state index contributed by atoms with van der Waals surface area (Å²) in [6, 6.07) is 4.40. The second-order valence-corrected chi connectivity index (χ2v) is 8.92. The number of aromatic nitrogens is 3. The van der Waals surface area contributed by atoms with Crippen molar-refractivity contribution in [2.75, 3.05) is 6.54 Å². The molecule has 0 unspecified atom stereocenters. The van der Waals surface area contributed by atoms with E-state index >= 15 is 0 Å². The van der Waals surface area contributed by atoms with Crippen molar-refractivity contribution < 1.29 is 49.4 Å². The van der Waals surface area contributed by atoms with Gasteiger partial charge in [0.2, 0.25) is 5.88 Å². The molecule has 4 heterocycles. The van der Waals surface area contributed by atoms with Crippen LogP contribution in [0.5, 0.6) is 5.88 Å². The Morgan fingerprint density at radius 3 is 2.33 bits per heavy atom. The predicted molar refractivity (Wildman–Crippen MR) is 111 cm³/mol. The maximum Gasteiger partial charge on any atom is 0.460 e. The Labute approximate surface area is 210 Å². The monoisotopic (exact) mass is 565 g/mol. The highest BCUT2D eigenvalue weighted by Crippen LogP contribution is 2.56. The average molecular weight is 565 g/mol. The van der Waals surface area contributed by atoms with Gasteiger partial charge in [0, 0.05) is 18.1 Å². The molecule has 17 heteroatoms. The number of hydrogen-bond acceptors (Lipinski definition) is 5. The van der Waals surface area contributed by atoms with Crippen LogP contribution >= 0.6 is 0 Å². The van der Waals surface area contributed by atoms with E-state index in [1.54, 1.807) is 0 Å². The van der Waals surface area contributed by atoms with E-state index in [1.165, 1.54) is 30.5 Å². The Hall–Kier alpha value is -4.23. The molecule has 0 aliphatic carbocycles. The van der Waals surface area contributed by atoms with Gasteiger partial charge in [-0.2, -0.15) is 44.8 Å². The number of benzene rings is 1. The van der Waals surface area contributed by atoms with E-state index in [0.717, 1.165) is 4.57 Å². The number of carbonyl (C=O) groups excluding carboxylic acids is 1. The van der Waals surface area contributed by atoms with Crippen LogP contribution in [0.15, 0.2) is 35.3 Å². The van der Waals surface area contributed by atoms with Gasteiger partial charge in [0.1, 0.15) is 11.8 Å². The lowest BCUT2D eigenvalue weighted by Gasteiger charge is -2.36. The summed E-state index contributed by atoms with van der Waals surface area (Å²) in [5.41, 5.74) is -1.25. The number of imidazole rings is 1. The SMILES string of the molecule is N#Cc1ccc(-n2c(O)c3n(c2=O)[C@H]2C[C@@H]3N(C(=O)C(F)(F)C(F)(F)C(F)(F)C(F)(F)F)C2)c2cccnc12. The van der Waals surface area contributed by atoms with Gasteiger partial charge in [-0.1, -0.05) is 0 Å². The van der Waals surface area contributed by atoms with E-state index in [0.29, 0.717) is 4.57 Å². The van der Waals surface area contributed by atoms with Crippen molar-refractivity contribution in [3.63, 3.8) is 0 Å². The van der Waals surface area contributed by atoms with Crippen molar-refractivity contribution in [3.05, 3.63) is 52.2 Å². The second kappa shape index (κ2) is 7.90. The highest BCUT2D eigenvalue weighted by atomic mass is 19.4. The van der Waals surface area contributed by atoms with Gasteiger partial charge in [-0.15, -0.1) is 0 Å². The Morgan fingerprint density at radius 1 is 1.05 bits per heavy atom. The van der Waals surface area contributed by atoms with Crippen LogP contribution < -0.4 is 5.69 Å². The number of hydrogen-bond donors (Lipinski definition) is 1. The van der Waals surface area contributed by atoms with E-state index in [1.807, 2.05) is 6.07 Å². The third kappa shape index (κ3) is 3.23. The lowest BCUT2D eigenvalue weighted by Crippen LogP contribution is -2.65. The summed E-state index contributed by atoms with van der Waals surface area (Å²) in [4.78, 5) is 29.6. The first-order valence-electron chi connectivity index (χ1n) is 10.8. The molecule has 2 aromatic heterocycles. The van der Waals surface area contributed by atoms with Gasteiger partial charge in [0.05, 0.1) is 28.9 Å². The fraction of sp³-hybridized carbons (Fsp3) is 0.364. The number of nitriles is 1. The molecule has 0 radical (unpaired) electrons. The summed E-state index contributed by atoms with van der Waals surface area (Å²) in [7, 11) is 0. The number of aromatic hydroxyl groups is 1. The zero-order valence-corrected chi connectivity index (χ0v) is 18.9. The largest absolute Gasteiger partial charge is 0.493 e. The van der Waals surface area contributed by atoms with Gasteiger partial charge < -0.3 is 10.0 Å². The van der Waals surface area contributed by atoms with E-state index < -0.39 is 65.7 Å². The van der Waals surface area contributed by atoms with Gasteiger partial charge in [-0.05, 0) is 30.7 Å². The number of nitrogens with zero attached hydrogens (tertiary/aromatic N) is 5. The summed E-state index contributed by atoms with van der Waals surface area (Å²) >= 11 is 0. The average Bonchev–Trinajstić information content (AvgIpc) is 3.53. The maximum absolute atomic E-state index is 14.4. The number of amides is 1. The molecule has 1 aromatic carbocycles. The highest BCUT2D eigenvalue weighted by molar-refractivity contribution is 5.91. The number of fused-ring (bicyclic) bond motifs is 6. The molecule has 39 heavy (non-hydrogen) atoms. The maximum atomic E-state index is 14.4. The second-order valence-electron chi connectivity index (χ2n) is 8.92. The first-order chi connectivity index (χ1) is 18.0. The molecule has 8 nitrogen and oxygen atoms in total. The summed E-state index contributed by atoms with van der Waals surface area (Å²) in [5, 5.41) is 20.4. The Bertz CT molecular complexity index is 1640. The van der Waals surface area contributed by atoms with Crippen molar-refractivity contribution in [2.24, 2.45) is 0 Å². The molecule has 3 aromatic rings.